The number of fused-ring (bicyclic) bond motifs is 1. The molecule has 0 aliphatic carbocycles. The summed E-state index contributed by atoms with van der Waals surface area (Å²) < 4.78 is 3.03. The zero-order valence-corrected chi connectivity index (χ0v) is 15.1. The second-order valence-corrected chi connectivity index (χ2v) is 8.49. The Hall–Kier alpha value is -1.59. The second kappa shape index (κ2) is 6.49. The smallest absolute Gasteiger partial charge is 0.346 e. The number of nitrogens with zero attached hydrogens (tertiary/aromatic N) is 3. The van der Waals surface area contributed by atoms with Gasteiger partial charge >= 0.3 is 5.69 Å². The van der Waals surface area contributed by atoms with Crippen LogP contribution < -0.4 is 11.0 Å². The highest BCUT2D eigenvalue weighted by molar-refractivity contribution is 5.76. The molecule has 2 heterocycles. The average Bonchev–Trinajstić information content (AvgIpc) is 2.56. The van der Waals surface area contributed by atoms with Gasteiger partial charge in [0.05, 0.1) is 0 Å². The highest BCUT2D eigenvalue weighted by Gasteiger charge is 2.27. The Bertz CT molecular complexity index is 620. The average molecular weight is 322 g/mol. The number of rotatable bonds is 4. The van der Waals surface area contributed by atoms with Gasteiger partial charge < -0.3 is 5.32 Å². The fourth-order valence-electron chi connectivity index (χ4n) is 3.65. The van der Waals surface area contributed by atoms with E-state index in [1.165, 1.54) is 4.68 Å². The molecule has 23 heavy (non-hydrogen) atoms. The molecule has 1 N–H and O–H groups in total. The van der Waals surface area contributed by atoms with E-state index in [4.69, 9.17) is 0 Å². The van der Waals surface area contributed by atoms with Crippen LogP contribution in [0.2, 0.25) is 0 Å². The van der Waals surface area contributed by atoms with Gasteiger partial charge in [-0.15, -0.1) is 0 Å². The maximum Gasteiger partial charge on any atom is 0.346 e. The van der Waals surface area contributed by atoms with Crippen molar-refractivity contribution >= 4 is 5.91 Å². The third kappa shape index (κ3) is 4.94. The normalized spacial score (nSPS) is 15.9. The SMILES string of the molecule is CC(C)(C)CC(C)(C)NC(=O)Cn1nc2n(c1=O)CCCCC2. The lowest BCUT2D eigenvalue weighted by atomic mass is 9.82. The van der Waals surface area contributed by atoms with Gasteiger partial charge in [0.1, 0.15) is 12.4 Å². The van der Waals surface area contributed by atoms with E-state index in [9.17, 15) is 9.59 Å². The Kier molecular flexibility index (Phi) is 5.01. The van der Waals surface area contributed by atoms with E-state index in [2.05, 4.69) is 31.2 Å². The first kappa shape index (κ1) is 17.8. The van der Waals surface area contributed by atoms with Crippen molar-refractivity contribution in [3.63, 3.8) is 0 Å². The van der Waals surface area contributed by atoms with Gasteiger partial charge in [0.25, 0.3) is 0 Å². The van der Waals surface area contributed by atoms with E-state index < -0.39 is 0 Å². The summed E-state index contributed by atoms with van der Waals surface area (Å²) in [6.45, 7) is 11.2. The second-order valence-electron chi connectivity index (χ2n) is 8.49. The summed E-state index contributed by atoms with van der Waals surface area (Å²) in [5, 5.41) is 7.39. The third-order valence-corrected chi connectivity index (χ3v) is 4.02. The van der Waals surface area contributed by atoms with E-state index in [-0.39, 0.29) is 29.1 Å². The van der Waals surface area contributed by atoms with Gasteiger partial charge in [0, 0.05) is 18.5 Å². The van der Waals surface area contributed by atoms with Crippen LogP contribution in [-0.2, 0) is 24.3 Å². The van der Waals surface area contributed by atoms with Gasteiger partial charge in [-0.3, -0.25) is 9.36 Å². The summed E-state index contributed by atoms with van der Waals surface area (Å²) in [5.74, 6) is 0.656. The van der Waals surface area contributed by atoms with Crippen LogP contribution in [0.25, 0.3) is 0 Å². The van der Waals surface area contributed by atoms with Crippen LogP contribution >= 0.6 is 0 Å². The summed E-state index contributed by atoms with van der Waals surface area (Å²) in [5.41, 5.74) is -0.347. The van der Waals surface area contributed by atoms with Crippen molar-refractivity contribution in [2.24, 2.45) is 5.41 Å². The minimum absolute atomic E-state index is 0.00753. The number of carbonyl (C=O) groups excluding carboxylic acids is 1. The van der Waals surface area contributed by atoms with Crippen LogP contribution in [0, 0.1) is 5.41 Å². The minimum Gasteiger partial charge on any atom is -0.350 e. The molecule has 1 aliphatic rings. The molecule has 0 spiro atoms. The third-order valence-electron chi connectivity index (χ3n) is 4.02. The lowest BCUT2D eigenvalue weighted by molar-refractivity contribution is -0.123. The van der Waals surface area contributed by atoms with Crippen molar-refractivity contribution < 1.29 is 4.79 Å². The summed E-state index contributed by atoms with van der Waals surface area (Å²) in [6, 6.07) is 0. The van der Waals surface area contributed by atoms with Crippen molar-refractivity contribution in [2.45, 2.75) is 85.4 Å². The molecule has 6 nitrogen and oxygen atoms in total. The number of amides is 1. The number of aromatic nitrogens is 3. The van der Waals surface area contributed by atoms with Gasteiger partial charge in [0.2, 0.25) is 5.91 Å². The van der Waals surface area contributed by atoms with Crippen LogP contribution in [0.4, 0.5) is 0 Å². The molecule has 0 atom stereocenters. The van der Waals surface area contributed by atoms with Gasteiger partial charge in [-0.05, 0) is 38.5 Å². The predicted molar refractivity (Wildman–Crippen MR) is 90.3 cm³/mol. The van der Waals surface area contributed by atoms with Gasteiger partial charge in [-0.1, -0.05) is 27.2 Å². The number of hydrogen-bond donors (Lipinski definition) is 1. The Morgan fingerprint density at radius 3 is 2.52 bits per heavy atom. The van der Waals surface area contributed by atoms with Crippen molar-refractivity contribution in [1.29, 1.82) is 0 Å². The molecule has 1 aromatic rings. The van der Waals surface area contributed by atoms with Crippen LogP contribution in [0.5, 0.6) is 0 Å². The predicted octanol–water partition coefficient (Wildman–Crippen LogP) is 2.10. The highest BCUT2D eigenvalue weighted by Crippen LogP contribution is 2.26. The zero-order chi connectivity index (χ0) is 17.3. The number of aryl methyl sites for hydroxylation is 1. The number of nitrogens with one attached hydrogen (secondary N) is 1. The molecular formula is C17H30N4O2. The molecule has 2 rings (SSSR count). The van der Waals surface area contributed by atoms with E-state index in [0.717, 1.165) is 37.9 Å². The molecule has 6 heteroatoms. The van der Waals surface area contributed by atoms with Crippen molar-refractivity contribution in [3.8, 4) is 0 Å². The number of carbonyl (C=O) groups is 1. The lowest BCUT2D eigenvalue weighted by Gasteiger charge is -2.33. The Morgan fingerprint density at radius 2 is 1.87 bits per heavy atom. The van der Waals surface area contributed by atoms with E-state index >= 15 is 0 Å². The largest absolute Gasteiger partial charge is 0.350 e. The first-order valence-electron chi connectivity index (χ1n) is 8.55. The fourth-order valence-corrected chi connectivity index (χ4v) is 3.65. The van der Waals surface area contributed by atoms with Crippen LogP contribution in [0.1, 0.15) is 66.1 Å². The van der Waals surface area contributed by atoms with Crippen molar-refractivity contribution in [3.05, 3.63) is 16.3 Å². The quantitative estimate of drug-likeness (QED) is 0.923. The van der Waals surface area contributed by atoms with Gasteiger partial charge in [-0.25, -0.2) is 9.48 Å². The van der Waals surface area contributed by atoms with Gasteiger partial charge in [-0.2, -0.15) is 5.10 Å². The Balaban J connectivity index is 2.05. The zero-order valence-electron chi connectivity index (χ0n) is 15.1. The van der Waals surface area contributed by atoms with E-state index in [1.807, 2.05) is 13.8 Å². The standard InChI is InChI=1S/C17H30N4O2/c1-16(2,3)12-17(4,5)18-14(22)11-21-15(23)20-10-8-6-7-9-13(20)19-21/h6-12H2,1-5H3,(H,18,22). The van der Waals surface area contributed by atoms with E-state index in [1.54, 1.807) is 4.57 Å². The first-order chi connectivity index (χ1) is 10.6. The molecule has 0 saturated carbocycles. The molecule has 1 aliphatic heterocycles. The van der Waals surface area contributed by atoms with Crippen LogP contribution in [0.15, 0.2) is 4.79 Å². The lowest BCUT2D eigenvalue weighted by Crippen LogP contribution is -2.47. The maximum atomic E-state index is 12.4. The Morgan fingerprint density at radius 1 is 1.17 bits per heavy atom. The molecule has 1 aromatic heterocycles. The molecule has 0 saturated heterocycles. The molecule has 0 aromatic carbocycles. The Labute approximate surface area is 138 Å². The molecular weight excluding hydrogens is 292 g/mol. The monoisotopic (exact) mass is 322 g/mol. The molecule has 0 unspecified atom stereocenters. The molecule has 0 bridgehead atoms. The summed E-state index contributed by atoms with van der Waals surface area (Å²) in [7, 11) is 0. The fraction of sp³-hybridized carbons (Fsp3) is 0.824. The maximum absolute atomic E-state index is 12.4. The number of hydrogen-bond acceptors (Lipinski definition) is 3. The topological polar surface area (TPSA) is 68.9 Å². The summed E-state index contributed by atoms with van der Waals surface area (Å²) in [6.07, 6.45) is 4.87. The highest BCUT2D eigenvalue weighted by atomic mass is 16.2. The van der Waals surface area contributed by atoms with E-state index in [0.29, 0.717) is 6.54 Å². The van der Waals surface area contributed by atoms with Crippen LogP contribution in [0.3, 0.4) is 0 Å². The molecule has 1 amide bonds. The van der Waals surface area contributed by atoms with Crippen molar-refractivity contribution in [2.75, 3.05) is 0 Å². The van der Waals surface area contributed by atoms with Crippen LogP contribution in [-0.4, -0.2) is 25.8 Å². The molecule has 0 radical (unpaired) electrons. The summed E-state index contributed by atoms with van der Waals surface area (Å²) in [4.78, 5) is 24.7. The van der Waals surface area contributed by atoms with Crippen molar-refractivity contribution in [1.82, 2.24) is 19.7 Å². The molecule has 0 fully saturated rings. The van der Waals surface area contributed by atoms with Gasteiger partial charge in [0.15, 0.2) is 0 Å². The summed E-state index contributed by atoms with van der Waals surface area (Å²) >= 11 is 0. The molecule has 130 valence electrons. The first-order valence-corrected chi connectivity index (χ1v) is 8.55. The minimum atomic E-state index is -0.310.